The molecule has 0 amide bonds. The molecule has 0 radical (unpaired) electrons. The van der Waals surface area contributed by atoms with Crippen LogP contribution in [0, 0.1) is 12.7 Å². The molecule has 1 heterocycles. The first-order valence-corrected chi connectivity index (χ1v) is 6.61. The van der Waals surface area contributed by atoms with Crippen LogP contribution in [0.2, 0.25) is 5.02 Å². The second-order valence-corrected chi connectivity index (χ2v) is 5.25. The summed E-state index contributed by atoms with van der Waals surface area (Å²) in [4.78, 5) is 0. The van der Waals surface area contributed by atoms with Gasteiger partial charge in [0.05, 0.1) is 0 Å². The summed E-state index contributed by atoms with van der Waals surface area (Å²) < 4.78 is 44.2. The third-order valence-corrected chi connectivity index (χ3v) is 3.77. The lowest BCUT2D eigenvalue weighted by molar-refractivity contribution is -0.0558. The first kappa shape index (κ1) is 15.2. The molecule has 108 valence electrons. The van der Waals surface area contributed by atoms with Gasteiger partial charge in [-0.25, -0.2) is 9.07 Å². The van der Waals surface area contributed by atoms with E-state index in [1.54, 1.807) is 6.92 Å². The van der Waals surface area contributed by atoms with E-state index in [9.17, 15) is 13.2 Å². The molecule has 1 aromatic heterocycles. The topological polar surface area (TPSA) is 27.1 Å². The summed E-state index contributed by atoms with van der Waals surface area (Å²) in [5.74, 6) is -0.773. The molecule has 0 aliphatic carbocycles. The average Bonchev–Trinajstić information content (AvgIpc) is 2.61. The Bertz CT molecular complexity index is 661. The van der Waals surface area contributed by atoms with Crippen molar-refractivity contribution in [2.75, 3.05) is 0 Å². The summed E-state index contributed by atoms with van der Waals surface area (Å²) in [5, 5.41) is 4.27. The molecule has 0 spiro atoms. The highest BCUT2D eigenvalue weighted by Gasteiger charge is 2.22. The van der Waals surface area contributed by atoms with Crippen molar-refractivity contribution in [1.29, 1.82) is 0 Å². The quantitative estimate of drug-likeness (QED) is 0.793. The summed E-state index contributed by atoms with van der Waals surface area (Å²) in [5.41, 5.74) is 0.968. The first-order valence-electron chi connectivity index (χ1n) is 5.44. The highest BCUT2D eigenvalue weighted by Crippen LogP contribution is 2.38. The van der Waals surface area contributed by atoms with Crippen molar-refractivity contribution in [2.24, 2.45) is 7.05 Å². The van der Waals surface area contributed by atoms with Crippen LogP contribution < -0.4 is 4.74 Å². The number of aromatic nitrogens is 2. The molecule has 0 atom stereocenters. The molecular formula is C12H9BrClF3N2O. The van der Waals surface area contributed by atoms with Crippen LogP contribution in [0.4, 0.5) is 13.2 Å². The van der Waals surface area contributed by atoms with E-state index in [0.29, 0.717) is 5.56 Å². The molecule has 3 nitrogen and oxygen atoms in total. The Hall–Kier alpha value is -1.21. The van der Waals surface area contributed by atoms with Crippen LogP contribution in [0.1, 0.15) is 5.56 Å². The van der Waals surface area contributed by atoms with Gasteiger partial charge in [-0.3, -0.25) is 0 Å². The average molecular weight is 370 g/mol. The molecule has 0 aliphatic heterocycles. The van der Waals surface area contributed by atoms with Crippen molar-refractivity contribution >= 4 is 27.5 Å². The Morgan fingerprint density at radius 3 is 2.65 bits per heavy atom. The van der Waals surface area contributed by atoms with Crippen LogP contribution in [0.5, 0.6) is 5.88 Å². The van der Waals surface area contributed by atoms with Crippen LogP contribution in [0.3, 0.4) is 0 Å². The van der Waals surface area contributed by atoms with Gasteiger partial charge in [0.1, 0.15) is 16.0 Å². The molecule has 0 unspecified atom stereocenters. The number of rotatable bonds is 3. The molecule has 0 aliphatic rings. The van der Waals surface area contributed by atoms with Crippen molar-refractivity contribution in [3.8, 4) is 17.1 Å². The van der Waals surface area contributed by atoms with E-state index < -0.39 is 12.4 Å². The highest BCUT2D eigenvalue weighted by molar-refractivity contribution is 9.10. The number of aryl methyl sites for hydroxylation is 2. The van der Waals surface area contributed by atoms with Crippen LogP contribution in [0.15, 0.2) is 16.6 Å². The molecular weight excluding hydrogens is 360 g/mol. The molecule has 0 saturated heterocycles. The molecule has 2 aromatic rings. The lowest BCUT2D eigenvalue weighted by Crippen LogP contribution is -2.06. The molecule has 0 N–H and O–H groups in total. The van der Waals surface area contributed by atoms with Gasteiger partial charge in [-0.1, -0.05) is 11.6 Å². The van der Waals surface area contributed by atoms with E-state index in [4.69, 9.17) is 11.6 Å². The van der Waals surface area contributed by atoms with Gasteiger partial charge >= 0.3 is 6.61 Å². The van der Waals surface area contributed by atoms with Crippen LogP contribution in [-0.2, 0) is 7.05 Å². The monoisotopic (exact) mass is 368 g/mol. The van der Waals surface area contributed by atoms with E-state index in [-0.39, 0.29) is 26.6 Å². The number of halogens is 5. The fourth-order valence-electron chi connectivity index (χ4n) is 1.71. The molecule has 8 heteroatoms. The van der Waals surface area contributed by atoms with Gasteiger partial charge in [0.15, 0.2) is 0 Å². The standard InChI is InChI=1S/C12H9BrClF3N2O/c1-5-3-6(8(15)4-7(5)14)10-9(13)11(19(2)18-10)20-12(16)17/h3-4,12H,1-2H3. The maximum Gasteiger partial charge on any atom is 0.388 e. The van der Waals surface area contributed by atoms with Gasteiger partial charge in [-0.15, -0.1) is 0 Å². The summed E-state index contributed by atoms with van der Waals surface area (Å²) in [6, 6.07) is 2.65. The number of benzene rings is 1. The minimum Gasteiger partial charge on any atom is -0.416 e. The van der Waals surface area contributed by atoms with Crippen molar-refractivity contribution in [3.63, 3.8) is 0 Å². The third-order valence-electron chi connectivity index (χ3n) is 2.64. The largest absolute Gasteiger partial charge is 0.416 e. The number of alkyl halides is 2. The van der Waals surface area contributed by atoms with Gasteiger partial charge in [0.2, 0.25) is 5.88 Å². The zero-order valence-electron chi connectivity index (χ0n) is 10.4. The van der Waals surface area contributed by atoms with Crippen molar-refractivity contribution in [2.45, 2.75) is 13.5 Å². The second kappa shape index (κ2) is 5.65. The fourth-order valence-corrected chi connectivity index (χ4v) is 2.50. The fraction of sp³-hybridized carbons (Fsp3) is 0.250. The maximum absolute atomic E-state index is 14.0. The number of nitrogens with zero attached hydrogens (tertiary/aromatic N) is 2. The second-order valence-electron chi connectivity index (χ2n) is 4.05. The third kappa shape index (κ3) is 2.78. The Kier molecular flexibility index (Phi) is 4.29. The van der Waals surface area contributed by atoms with E-state index >= 15 is 0 Å². The van der Waals surface area contributed by atoms with Crippen molar-refractivity contribution in [3.05, 3.63) is 33.0 Å². The van der Waals surface area contributed by atoms with Crippen molar-refractivity contribution in [1.82, 2.24) is 9.78 Å². The Labute approximate surface area is 126 Å². The SMILES string of the molecule is Cc1cc(-c2nn(C)c(OC(F)F)c2Br)c(F)cc1Cl. The summed E-state index contributed by atoms with van der Waals surface area (Å²) >= 11 is 8.92. The number of ether oxygens (including phenoxy) is 1. The van der Waals surface area contributed by atoms with Crippen LogP contribution in [0.25, 0.3) is 11.3 Å². The minimum absolute atomic E-state index is 0.151. The number of hydrogen-bond acceptors (Lipinski definition) is 2. The summed E-state index contributed by atoms with van der Waals surface area (Å²) in [6.45, 7) is -1.29. The van der Waals surface area contributed by atoms with Gasteiger partial charge in [-0.05, 0) is 40.5 Å². The zero-order chi connectivity index (χ0) is 15.0. The van der Waals surface area contributed by atoms with Gasteiger partial charge in [0, 0.05) is 17.6 Å². The van der Waals surface area contributed by atoms with Crippen LogP contribution in [-0.4, -0.2) is 16.4 Å². The number of hydrogen-bond donors (Lipinski definition) is 0. The Balaban J connectivity index is 2.57. The maximum atomic E-state index is 14.0. The van der Waals surface area contributed by atoms with E-state index in [0.717, 1.165) is 10.7 Å². The summed E-state index contributed by atoms with van der Waals surface area (Å²) in [6.07, 6.45) is 0. The predicted octanol–water partition coefficient (Wildman–Crippen LogP) is 4.55. The normalized spacial score (nSPS) is 11.2. The smallest absolute Gasteiger partial charge is 0.388 e. The van der Waals surface area contributed by atoms with Crippen molar-refractivity contribution < 1.29 is 17.9 Å². The molecule has 0 fully saturated rings. The van der Waals surface area contributed by atoms with E-state index in [2.05, 4.69) is 25.8 Å². The Morgan fingerprint density at radius 1 is 1.40 bits per heavy atom. The predicted molar refractivity (Wildman–Crippen MR) is 72.7 cm³/mol. The highest BCUT2D eigenvalue weighted by atomic mass is 79.9. The minimum atomic E-state index is -2.99. The lowest BCUT2D eigenvalue weighted by atomic mass is 10.1. The molecule has 0 saturated carbocycles. The molecule has 20 heavy (non-hydrogen) atoms. The van der Waals surface area contributed by atoms with E-state index in [1.807, 2.05) is 0 Å². The van der Waals surface area contributed by atoms with Gasteiger partial charge < -0.3 is 4.74 Å². The van der Waals surface area contributed by atoms with Gasteiger partial charge in [-0.2, -0.15) is 13.9 Å². The zero-order valence-corrected chi connectivity index (χ0v) is 12.8. The van der Waals surface area contributed by atoms with Crippen LogP contribution >= 0.6 is 27.5 Å². The molecule has 0 bridgehead atoms. The molecule has 2 rings (SSSR count). The van der Waals surface area contributed by atoms with E-state index in [1.165, 1.54) is 13.1 Å². The first-order chi connectivity index (χ1) is 9.31. The Morgan fingerprint density at radius 2 is 2.05 bits per heavy atom. The summed E-state index contributed by atoms with van der Waals surface area (Å²) in [7, 11) is 1.42. The molecule has 1 aromatic carbocycles. The lowest BCUT2D eigenvalue weighted by Gasteiger charge is -2.05. The van der Waals surface area contributed by atoms with Gasteiger partial charge in [0.25, 0.3) is 0 Å².